The molecule has 1 radical (unpaired) electrons. The molecule has 0 nitrogen and oxygen atoms in total. The summed E-state index contributed by atoms with van der Waals surface area (Å²) in [5, 5.41) is 0. The molecule has 0 aliphatic heterocycles. The average Bonchev–Trinajstić information content (AvgIpc) is 2.25. The van der Waals surface area contributed by atoms with Crippen LogP contribution in [-0.4, -0.2) is 0 Å². The summed E-state index contributed by atoms with van der Waals surface area (Å²) in [5.41, 5.74) is 1.62. The lowest BCUT2D eigenvalue weighted by Gasteiger charge is -2.04. The number of hydrogen-bond acceptors (Lipinski definition) is 0. The second kappa shape index (κ2) is 4.00. The zero-order valence-corrected chi connectivity index (χ0v) is 8.31. The van der Waals surface area contributed by atoms with Crippen molar-refractivity contribution in [3.05, 3.63) is 66.3 Å². The van der Waals surface area contributed by atoms with Crippen LogP contribution in [0, 0.1) is 24.4 Å². The standard InChI is InChI=1S/C13H8F3/c1-8-3-2-4-9(5-8)10-6-11(14)13(16)12(15)7-10/h2-7H,1H2. The van der Waals surface area contributed by atoms with Crippen molar-refractivity contribution in [1.82, 2.24) is 0 Å². The molecular weight excluding hydrogens is 213 g/mol. The molecule has 0 aliphatic rings. The minimum atomic E-state index is -1.45. The van der Waals surface area contributed by atoms with Crippen LogP contribution in [0.2, 0.25) is 0 Å². The van der Waals surface area contributed by atoms with Gasteiger partial charge in [0.05, 0.1) is 0 Å². The third-order valence-corrected chi connectivity index (χ3v) is 2.24. The second-order valence-corrected chi connectivity index (χ2v) is 3.45. The highest BCUT2D eigenvalue weighted by Gasteiger charge is 2.11. The predicted octanol–water partition coefficient (Wildman–Crippen LogP) is 3.95. The maximum Gasteiger partial charge on any atom is 0.194 e. The average molecular weight is 221 g/mol. The summed E-state index contributed by atoms with van der Waals surface area (Å²) in [5.74, 6) is -3.83. The molecule has 0 saturated heterocycles. The van der Waals surface area contributed by atoms with Crippen LogP contribution in [0.5, 0.6) is 0 Å². The van der Waals surface area contributed by atoms with Gasteiger partial charge in [-0.15, -0.1) is 0 Å². The lowest BCUT2D eigenvalue weighted by Crippen LogP contribution is -1.91. The van der Waals surface area contributed by atoms with E-state index in [1.54, 1.807) is 24.3 Å². The number of hydrogen-bond donors (Lipinski definition) is 0. The van der Waals surface area contributed by atoms with E-state index in [1.807, 2.05) is 0 Å². The van der Waals surface area contributed by atoms with Crippen molar-refractivity contribution in [3.63, 3.8) is 0 Å². The van der Waals surface area contributed by atoms with Gasteiger partial charge in [-0.2, -0.15) is 0 Å². The Morgan fingerprint density at radius 1 is 0.812 bits per heavy atom. The summed E-state index contributed by atoms with van der Waals surface area (Å²) in [4.78, 5) is 0. The van der Waals surface area contributed by atoms with Crippen LogP contribution in [-0.2, 0) is 0 Å². The number of benzene rings is 2. The first-order valence-electron chi connectivity index (χ1n) is 4.65. The van der Waals surface area contributed by atoms with Crippen LogP contribution in [0.1, 0.15) is 5.56 Å². The molecule has 0 aliphatic carbocycles. The molecule has 0 heterocycles. The van der Waals surface area contributed by atoms with Gasteiger partial charge in [0, 0.05) is 0 Å². The van der Waals surface area contributed by atoms with Gasteiger partial charge in [-0.25, -0.2) is 13.2 Å². The summed E-state index contributed by atoms with van der Waals surface area (Å²) in [6, 6.07) is 8.77. The van der Waals surface area contributed by atoms with Crippen molar-refractivity contribution < 1.29 is 13.2 Å². The van der Waals surface area contributed by atoms with Gasteiger partial charge in [0.25, 0.3) is 0 Å². The molecular formula is C13H8F3. The van der Waals surface area contributed by atoms with E-state index in [1.165, 1.54) is 0 Å². The molecule has 0 saturated carbocycles. The van der Waals surface area contributed by atoms with Gasteiger partial charge in [-0.3, -0.25) is 0 Å². The minimum absolute atomic E-state index is 0.293. The first kappa shape index (κ1) is 10.7. The summed E-state index contributed by atoms with van der Waals surface area (Å²) in [6.07, 6.45) is 0. The fourth-order valence-electron chi connectivity index (χ4n) is 1.47. The van der Waals surface area contributed by atoms with E-state index in [2.05, 4.69) is 6.92 Å². The molecule has 0 fully saturated rings. The van der Waals surface area contributed by atoms with Crippen molar-refractivity contribution in [1.29, 1.82) is 0 Å². The Balaban J connectivity index is 2.57. The minimum Gasteiger partial charge on any atom is -0.204 e. The SMILES string of the molecule is [CH2]c1cccc(-c2cc(F)c(F)c(F)c2)c1. The Kier molecular flexibility index (Phi) is 2.69. The molecule has 0 amide bonds. The smallest absolute Gasteiger partial charge is 0.194 e. The van der Waals surface area contributed by atoms with Gasteiger partial charge in [0.15, 0.2) is 17.5 Å². The third-order valence-electron chi connectivity index (χ3n) is 2.24. The maximum atomic E-state index is 13.0. The highest BCUT2D eigenvalue weighted by atomic mass is 19.2. The van der Waals surface area contributed by atoms with Gasteiger partial charge >= 0.3 is 0 Å². The predicted molar refractivity (Wildman–Crippen MR) is 56.2 cm³/mol. The number of halogens is 3. The van der Waals surface area contributed by atoms with Gasteiger partial charge in [-0.1, -0.05) is 24.3 Å². The summed E-state index contributed by atoms with van der Waals surface area (Å²) >= 11 is 0. The zero-order chi connectivity index (χ0) is 11.7. The monoisotopic (exact) mass is 221 g/mol. The molecule has 0 atom stereocenters. The highest BCUT2D eigenvalue weighted by Crippen LogP contribution is 2.24. The first-order chi connectivity index (χ1) is 7.58. The molecule has 2 rings (SSSR count). The summed E-state index contributed by atoms with van der Waals surface area (Å²) in [7, 11) is 0. The third kappa shape index (κ3) is 1.94. The first-order valence-corrected chi connectivity index (χ1v) is 4.65. The maximum absolute atomic E-state index is 13.0. The Labute approximate surface area is 91.4 Å². The Bertz CT molecular complexity index is 509. The summed E-state index contributed by atoms with van der Waals surface area (Å²) in [6.45, 7) is 3.71. The van der Waals surface area contributed by atoms with Gasteiger partial charge < -0.3 is 0 Å². The van der Waals surface area contributed by atoms with Crippen LogP contribution >= 0.6 is 0 Å². The van der Waals surface area contributed by atoms with E-state index in [-0.39, 0.29) is 0 Å². The van der Waals surface area contributed by atoms with E-state index >= 15 is 0 Å². The quantitative estimate of drug-likeness (QED) is 0.639. The molecule has 0 aromatic heterocycles. The molecule has 2 aromatic carbocycles. The summed E-state index contributed by atoms with van der Waals surface area (Å²) < 4.78 is 38.7. The largest absolute Gasteiger partial charge is 0.204 e. The van der Waals surface area contributed by atoms with Crippen molar-refractivity contribution in [3.8, 4) is 11.1 Å². The molecule has 2 aromatic rings. The van der Waals surface area contributed by atoms with Crippen molar-refractivity contribution >= 4 is 0 Å². The van der Waals surface area contributed by atoms with Crippen molar-refractivity contribution in [2.75, 3.05) is 0 Å². The Morgan fingerprint density at radius 2 is 1.44 bits per heavy atom. The van der Waals surface area contributed by atoms with E-state index in [4.69, 9.17) is 0 Å². The van der Waals surface area contributed by atoms with Crippen molar-refractivity contribution in [2.24, 2.45) is 0 Å². The molecule has 16 heavy (non-hydrogen) atoms. The van der Waals surface area contributed by atoms with Crippen LogP contribution in [0.4, 0.5) is 13.2 Å². The van der Waals surface area contributed by atoms with E-state index in [0.29, 0.717) is 11.1 Å². The molecule has 81 valence electrons. The molecule has 0 unspecified atom stereocenters. The van der Waals surface area contributed by atoms with Crippen LogP contribution in [0.3, 0.4) is 0 Å². The molecule has 0 N–H and O–H groups in total. The normalized spacial score (nSPS) is 10.5. The molecule has 3 heteroatoms. The Hall–Kier alpha value is -1.77. The zero-order valence-electron chi connectivity index (χ0n) is 8.31. The van der Waals surface area contributed by atoms with E-state index < -0.39 is 17.5 Å². The lowest BCUT2D eigenvalue weighted by atomic mass is 10.0. The molecule has 0 bridgehead atoms. The van der Waals surface area contributed by atoms with Crippen LogP contribution in [0.15, 0.2) is 36.4 Å². The topological polar surface area (TPSA) is 0 Å². The van der Waals surface area contributed by atoms with Crippen LogP contribution in [0.25, 0.3) is 11.1 Å². The number of rotatable bonds is 1. The van der Waals surface area contributed by atoms with Crippen LogP contribution < -0.4 is 0 Å². The second-order valence-electron chi connectivity index (χ2n) is 3.45. The van der Waals surface area contributed by atoms with Gasteiger partial charge in [-0.05, 0) is 35.7 Å². The van der Waals surface area contributed by atoms with Crippen molar-refractivity contribution in [2.45, 2.75) is 0 Å². The lowest BCUT2D eigenvalue weighted by molar-refractivity contribution is 0.448. The van der Waals surface area contributed by atoms with E-state index in [0.717, 1.165) is 17.7 Å². The fraction of sp³-hybridized carbons (Fsp3) is 0. The Morgan fingerprint density at radius 3 is 2.00 bits per heavy atom. The highest BCUT2D eigenvalue weighted by molar-refractivity contribution is 5.64. The fourth-order valence-corrected chi connectivity index (χ4v) is 1.47. The van der Waals surface area contributed by atoms with Gasteiger partial charge in [0.2, 0.25) is 0 Å². The van der Waals surface area contributed by atoms with Gasteiger partial charge in [0.1, 0.15) is 0 Å². The molecule has 0 spiro atoms. The van der Waals surface area contributed by atoms with E-state index in [9.17, 15) is 13.2 Å².